The number of ether oxygens (including phenoxy) is 2. The second kappa shape index (κ2) is 5.04. The molecule has 0 unspecified atom stereocenters. The zero-order valence-electron chi connectivity index (χ0n) is 11.2. The predicted molar refractivity (Wildman–Crippen MR) is 75.1 cm³/mol. The third-order valence-corrected chi connectivity index (χ3v) is 4.91. The molecule has 0 spiro atoms. The Bertz CT molecular complexity index is 521. The van der Waals surface area contributed by atoms with E-state index in [9.17, 15) is 9.90 Å². The van der Waals surface area contributed by atoms with Crippen LogP contribution >= 0.6 is 15.9 Å². The smallest absolute Gasteiger partial charge is 0.314 e. The first-order chi connectivity index (χ1) is 8.97. The summed E-state index contributed by atoms with van der Waals surface area (Å²) in [6.45, 7) is 1.92. The molecule has 0 heterocycles. The van der Waals surface area contributed by atoms with Gasteiger partial charge in [-0.2, -0.15) is 0 Å². The summed E-state index contributed by atoms with van der Waals surface area (Å²) >= 11 is 3.52. The van der Waals surface area contributed by atoms with Crippen molar-refractivity contribution < 1.29 is 19.4 Å². The van der Waals surface area contributed by atoms with Crippen LogP contribution in [-0.2, 0) is 10.2 Å². The SMILES string of the molecule is COc1cc(C)c(Br)c(C2(C(=O)O)CCC2)c1OC. The molecule has 1 aliphatic rings. The zero-order valence-corrected chi connectivity index (χ0v) is 12.8. The molecule has 1 N–H and O–H groups in total. The number of aliphatic carboxylic acids is 1. The standard InChI is InChI=1S/C14H17BrO4/c1-8-7-9(18-2)12(19-3)10(11(8)15)14(13(16)17)5-4-6-14/h7H,4-6H2,1-3H3,(H,16,17). The van der Waals surface area contributed by atoms with Gasteiger partial charge in [-0.25, -0.2) is 0 Å². The van der Waals surface area contributed by atoms with E-state index in [0.717, 1.165) is 16.5 Å². The summed E-state index contributed by atoms with van der Waals surface area (Å²) in [6.07, 6.45) is 2.17. The van der Waals surface area contributed by atoms with E-state index in [-0.39, 0.29) is 0 Å². The number of carbonyl (C=O) groups is 1. The normalized spacial score (nSPS) is 16.6. The molecule has 5 heteroatoms. The third kappa shape index (κ3) is 2.00. The molecule has 2 rings (SSSR count). The van der Waals surface area contributed by atoms with Crippen LogP contribution in [0.1, 0.15) is 30.4 Å². The van der Waals surface area contributed by atoms with E-state index in [4.69, 9.17) is 9.47 Å². The summed E-state index contributed by atoms with van der Waals surface area (Å²) < 4.78 is 11.5. The molecule has 0 atom stereocenters. The van der Waals surface area contributed by atoms with Crippen LogP contribution in [0.3, 0.4) is 0 Å². The Kier molecular flexibility index (Phi) is 3.76. The lowest BCUT2D eigenvalue weighted by Crippen LogP contribution is -2.43. The van der Waals surface area contributed by atoms with Crippen molar-refractivity contribution in [3.8, 4) is 11.5 Å². The van der Waals surface area contributed by atoms with Crippen molar-refractivity contribution in [2.75, 3.05) is 14.2 Å². The van der Waals surface area contributed by atoms with Crippen LogP contribution in [-0.4, -0.2) is 25.3 Å². The van der Waals surface area contributed by atoms with Crippen molar-refractivity contribution in [2.45, 2.75) is 31.6 Å². The van der Waals surface area contributed by atoms with Gasteiger partial charge in [0.2, 0.25) is 0 Å². The van der Waals surface area contributed by atoms with Crippen LogP contribution in [0, 0.1) is 6.92 Å². The van der Waals surface area contributed by atoms with Crippen LogP contribution in [0.5, 0.6) is 11.5 Å². The number of aryl methyl sites for hydroxylation is 1. The minimum Gasteiger partial charge on any atom is -0.493 e. The van der Waals surface area contributed by atoms with Gasteiger partial charge in [0.05, 0.1) is 19.6 Å². The van der Waals surface area contributed by atoms with Crippen LogP contribution in [0.4, 0.5) is 0 Å². The highest BCUT2D eigenvalue weighted by Gasteiger charge is 2.49. The second-order valence-corrected chi connectivity index (χ2v) is 5.65. The highest BCUT2D eigenvalue weighted by atomic mass is 79.9. The molecule has 1 fully saturated rings. The Balaban J connectivity index is 2.73. The summed E-state index contributed by atoms with van der Waals surface area (Å²) in [7, 11) is 3.10. The number of methoxy groups -OCH3 is 2. The van der Waals surface area contributed by atoms with E-state index in [0.29, 0.717) is 29.9 Å². The molecular formula is C14H17BrO4. The summed E-state index contributed by atoms with van der Waals surface area (Å²) in [5.74, 6) is 0.290. The Morgan fingerprint density at radius 3 is 2.37 bits per heavy atom. The van der Waals surface area contributed by atoms with E-state index >= 15 is 0 Å². The molecule has 1 aromatic carbocycles. The number of halogens is 1. The lowest BCUT2D eigenvalue weighted by Gasteiger charge is -2.40. The van der Waals surface area contributed by atoms with E-state index in [1.54, 1.807) is 7.11 Å². The highest BCUT2D eigenvalue weighted by molar-refractivity contribution is 9.10. The average Bonchev–Trinajstić information content (AvgIpc) is 2.32. The van der Waals surface area contributed by atoms with Gasteiger partial charge in [0.25, 0.3) is 0 Å². The Morgan fingerprint density at radius 2 is 2.00 bits per heavy atom. The Hall–Kier alpha value is -1.23. The predicted octanol–water partition coefficient (Wildman–Crippen LogP) is 3.28. The van der Waals surface area contributed by atoms with E-state index in [2.05, 4.69) is 15.9 Å². The van der Waals surface area contributed by atoms with Gasteiger partial charge in [0, 0.05) is 10.0 Å². The molecule has 19 heavy (non-hydrogen) atoms. The van der Waals surface area contributed by atoms with E-state index in [1.165, 1.54) is 7.11 Å². The molecule has 4 nitrogen and oxygen atoms in total. The van der Waals surface area contributed by atoms with Crippen LogP contribution in [0.2, 0.25) is 0 Å². The number of benzene rings is 1. The molecule has 0 bridgehead atoms. The van der Waals surface area contributed by atoms with E-state index < -0.39 is 11.4 Å². The van der Waals surface area contributed by atoms with E-state index in [1.807, 2.05) is 13.0 Å². The molecule has 1 aromatic rings. The molecule has 0 radical (unpaired) electrons. The quantitative estimate of drug-likeness (QED) is 0.921. The van der Waals surface area contributed by atoms with Crippen LogP contribution in [0.25, 0.3) is 0 Å². The fraction of sp³-hybridized carbons (Fsp3) is 0.500. The molecule has 104 valence electrons. The Morgan fingerprint density at radius 1 is 1.37 bits per heavy atom. The maximum Gasteiger partial charge on any atom is 0.314 e. The number of carboxylic acids is 1. The monoisotopic (exact) mass is 328 g/mol. The molecule has 0 aliphatic heterocycles. The lowest BCUT2D eigenvalue weighted by molar-refractivity contribution is -0.147. The van der Waals surface area contributed by atoms with Gasteiger partial charge in [0.1, 0.15) is 0 Å². The maximum atomic E-state index is 11.7. The average molecular weight is 329 g/mol. The Labute approximate surface area is 120 Å². The first-order valence-corrected chi connectivity index (χ1v) is 6.92. The number of hydrogen-bond acceptors (Lipinski definition) is 3. The number of carboxylic acid groups (broad SMARTS) is 1. The van der Waals surface area contributed by atoms with Crippen LogP contribution in [0.15, 0.2) is 10.5 Å². The van der Waals surface area contributed by atoms with Gasteiger partial charge in [-0.3, -0.25) is 4.79 Å². The molecule has 1 saturated carbocycles. The molecule has 0 saturated heterocycles. The zero-order chi connectivity index (χ0) is 14.2. The first-order valence-electron chi connectivity index (χ1n) is 6.13. The van der Waals surface area contributed by atoms with Gasteiger partial charge in [-0.1, -0.05) is 22.4 Å². The third-order valence-electron chi connectivity index (χ3n) is 3.88. The fourth-order valence-electron chi connectivity index (χ4n) is 2.63. The van der Waals surface area contributed by atoms with Crippen molar-refractivity contribution in [1.82, 2.24) is 0 Å². The van der Waals surface area contributed by atoms with Crippen molar-refractivity contribution in [2.24, 2.45) is 0 Å². The van der Waals surface area contributed by atoms with Crippen molar-refractivity contribution in [3.63, 3.8) is 0 Å². The van der Waals surface area contributed by atoms with Gasteiger partial charge in [-0.15, -0.1) is 0 Å². The largest absolute Gasteiger partial charge is 0.493 e. The van der Waals surface area contributed by atoms with Crippen molar-refractivity contribution in [3.05, 3.63) is 21.7 Å². The van der Waals surface area contributed by atoms with Gasteiger partial charge in [0.15, 0.2) is 11.5 Å². The number of rotatable bonds is 4. The fourth-order valence-corrected chi connectivity index (χ4v) is 3.30. The molecular weight excluding hydrogens is 312 g/mol. The highest BCUT2D eigenvalue weighted by Crippen LogP contribution is 2.53. The van der Waals surface area contributed by atoms with Gasteiger partial charge >= 0.3 is 5.97 Å². The van der Waals surface area contributed by atoms with Crippen molar-refractivity contribution >= 4 is 21.9 Å². The minimum atomic E-state index is -0.858. The number of hydrogen-bond donors (Lipinski definition) is 1. The molecule has 1 aliphatic carbocycles. The maximum absolute atomic E-state index is 11.7. The first kappa shape index (κ1) is 14.2. The topological polar surface area (TPSA) is 55.8 Å². The molecule has 0 amide bonds. The minimum absolute atomic E-state index is 0.516. The van der Waals surface area contributed by atoms with Crippen LogP contribution < -0.4 is 9.47 Å². The second-order valence-electron chi connectivity index (χ2n) is 4.86. The summed E-state index contributed by atoms with van der Waals surface area (Å²) in [5.41, 5.74) is 0.787. The van der Waals surface area contributed by atoms with Crippen molar-refractivity contribution in [1.29, 1.82) is 0 Å². The summed E-state index contributed by atoms with van der Waals surface area (Å²) in [4.78, 5) is 11.7. The van der Waals surface area contributed by atoms with Gasteiger partial charge < -0.3 is 14.6 Å². The summed E-state index contributed by atoms with van der Waals surface area (Å²) in [6, 6.07) is 1.85. The lowest BCUT2D eigenvalue weighted by atomic mass is 9.64. The van der Waals surface area contributed by atoms with Gasteiger partial charge in [-0.05, 0) is 31.4 Å². The molecule has 0 aromatic heterocycles. The summed E-state index contributed by atoms with van der Waals surface area (Å²) in [5, 5.41) is 9.62.